The molecule has 0 aliphatic carbocycles. The minimum atomic E-state index is -5.80. The summed E-state index contributed by atoms with van der Waals surface area (Å²) in [6, 6.07) is 0.582. The molecule has 8 heteroatoms. The highest BCUT2D eigenvalue weighted by Crippen LogP contribution is 2.16. The van der Waals surface area contributed by atoms with E-state index in [1.165, 1.54) is 0 Å². The molecule has 0 fully saturated rings. The van der Waals surface area contributed by atoms with E-state index in [2.05, 4.69) is 4.74 Å². The molecule has 0 saturated heterocycles. The van der Waals surface area contributed by atoms with Gasteiger partial charge in [0, 0.05) is 0 Å². The van der Waals surface area contributed by atoms with Gasteiger partial charge in [-0.1, -0.05) is 0 Å². The van der Waals surface area contributed by atoms with Crippen LogP contribution in [0.4, 0.5) is 21.7 Å². The normalized spacial score (nSPS) is 11.4. The van der Waals surface area contributed by atoms with Gasteiger partial charge in [-0.05, 0) is 17.6 Å². The summed E-state index contributed by atoms with van der Waals surface area (Å²) in [5.41, 5.74) is -2.58. The van der Waals surface area contributed by atoms with E-state index in [1.54, 1.807) is 0 Å². The number of methoxy groups -OCH3 is 1. The van der Waals surface area contributed by atoms with Crippen molar-refractivity contribution in [3.63, 3.8) is 0 Å². The molecule has 0 atom stereocenters. The van der Waals surface area contributed by atoms with Crippen molar-refractivity contribution < 1.29 is 31.3 Å². The average Bonchev–Trinajstić information content (AvgIpc) is 2.13. The molecule has 0 aliphatic heterocycles. The molecule has 0 spiro atoms. The van der Waals surface area contributed by atoms with Gasteiger partial charge in [-0.2, -0.15) is 0 Å². The van der Waals surface area contributed by atoms with Crippen molar-refractivity contribution in [2.75, 3.05) is 7.11 Å². The monoisotopic (exact) mass is 239 g/mol. The van der Waals surface area contributed by atoms with Gasteiger partial charge in [-0.25, -0.2) is 13.6 Å². The fraction of sp³-hybridized carbons (Fsp3) is 0.125. The van der Waals surface area contributed by atoms with Crippen molar-refractivity contribution >= 4 is 18.4 Å². The molecule has 88 valence electrons. The van der Waals surface area contributed by atoms with Gasteiger partial charge in [0.1, 0.15) is 0 Å². The number of hydrogen-bond donors (Lipinski definition) is 0. The molecule has 0 unspecified atom stereocenters. The fourth-order valence-electron chi connectivity index (χ4n) is 1.13. The van der Waals surface area contributed by atoms with Crippen molar-refractivity contribution in [3.05, 3.63) is 29.3 Å². The summed E-state index contributed by atoms with van der Waals surface area (Å²) in [4.78, 5) is 10.8. The fourth-order valence-corrected chi connectivity index (χ4v) is 1.13. The molecule has 2 nitrogen and oxygen atoms in total. The van der Waals surface area contributed by atoms with Crippen LogP contribution in [0.2, 0.25) is 0 Å². The van der Waals surface area contributed by atoms with Gasteiger partial charge in [0.05, 0.1) is 24.3 Å². The first-order chi connectivity index (χ1) is 7.27. The van der Waals surface area contributed by atoms with Gasteiger partial charge >= 0.3 is 12.9 Å². The molecule has 0 aliphatic rings. The molecule has 0 saturated carbocycles. The molecule has 16 heavy (non-hydrogen) atoms. The zero-order valence-corrected chi connectivity index (χ0v) is 7.94. The highest BCUT2D eigenvalue weighted by molar-refractivity contribution is 6.73. The lowest BCUT2D eigenvalue weighted by atomic mass is 9.78. The Hall–Kier alpha value is -1.60. The lowest BCUT2D eigenvalue weighted by Gasteiger charge is -2.17. The van der Waals surface area contributed by atoms with E-state index < -0.39 is 35.6 Å². The molecular weight excluding hydrogens is 234 g/mol. The molecular formula is C8H5BF5O2-. The number of rotatable bonds is 2. The number of carbonyl (C=O) groups is 1. The van der Waals surface area contributed by atoms with Crippen LogP contribution in [-0.2, 0) is 4.74 Å². The van der Waals surface area contributed by atoms with Crippen LogP contribution in [0, 0.1) is 11.6 Å². The summed E-state index contributed by atoms with van der Waals surface area (Å²) in [5.74, 6) is -4.76. The molecule has 0 N–H and O–H groups in total. The highest BCUT2D eigenvalue weighted by atomic mass is 19.4. The largest absolute Gasteiger partial charge is 0.515 e. The maximum absolute atomic E-state index is 13.0. The van der Waals surface area contributed by atoms with Gasteiger partial charge in [0.25, 0.3) is 0 Å². The van der Waals surface area contributed by atoms with E-state index in [4.69, 9.17) is 0 Å². The Morgan fingerprint density at radius 3 is 1.94 bits per heavy atom. The van der Waals surface area contributed by atoms with Crippen LogP contribution in [-0.4, -0.2) is 20.1 Å². The molecule has 0 radical (unpaired) electrons. The Labute approximate surface area is 87.1 Å². The second-order valence-corrected chi connectivity index (χ2v) is 2.92. The molecule has 1 aromatic carbocycles. The van der Waals surface area contributed by atoms with Gasteiger partial charge in [-0.3, -0.25) is 0 Å². The number of halogens is 5. The summed E-state index contributed by atoms with van der Waals surface area (Å²) in [5, 5.41) is 0. The molecule has 1 rings (SSSR count). The topological polar surface area (TPSA) is 26.3 Å². The maximum atomic E-state index is 13.0. The van der Waals surface area contributed by atoms with Crippen LogP contribution < -0.4 is 5.46 Å². The summed E-state index contributed by atoms with van der Waals surface area (Å²) >= 11 is 0. The lowest BCUT2D eigenvalue weighted by molar-refractivity contribution is 0.0599. The minimum Gasteiger partial charge on any atom is -0.465 e. The molecule has 0 heterocycles. The van der Waals surface area contributed by atoms with Crippen LogP contribution >= 0.6 is 0 Å². The van der Waals surface area contributed by atoms with Crippen LogP contribution in [0.3, 0.4) is 0 Å². The zero-order chi connectivity index (χ0) is 12.5. The maximum Gasteiger partial charge on any atom is 0.515 e. The van der Waals surface area contributed by atoms with E-state index in [9.17, 15) is 26.5 Å². The van der Waals surface area contributed by atoms with Gasteiger partial charge in [0.15, 0.2) is 0 Å². The molecule has 0 aromatic heterocycles. The van der Waals surface area contributed by atoms with Crippen molar-refractivity contribution in [2.24, 2.45) is 0 Å². The predicted octanol–water partition coefficient (Wildman–Crippen LogP) is 1.81. The predicted molar refractivity (Wildman–Crippen MR) is 46.4 cm³/mol. The van der Waals surface area contributed by atoms with E-state index in [0.717, 1.165) is 7.11 Å². The number of esters is 1. The van der Waals surface area contributed by atoms with Crippen LogP contribution in [0.5, 0.6) is 0 Å². The third kappa shape index (κ3) is 2.31. The van der Waals surface area contributed by atoms with Crippen molar-refractivity contribution in [3.8, 4) is 0 Å². The number of ether oxygens (including phenoxy) is 1. The van der Waals surface area contributed by atoms with E-state index in [0.29, 0.717) is 12.1 Å². The summed E-state index contributed by atoms with van der Waals surface area (Å²) in [6.45, 7) is -5.80. The third-order valence-electron chi connectivity index (χ3n) is 1.83. The number of hydrogen-bond acceptors (Lipinski definition) is 2. The van der Waals surface area contributed by atoms with Gasteiger partial charge < -0.3 is 17.7 Å². The first kappa shape index (κ1) is 12.5. The van der Waals surface area contributed by atoms with Crippen LogP contribution in [0.25, 0.3) is 0 Å². The summed E-state index contributed by atoms with van der Waals surface area (Å²) < 4.78 is 66.6. The Kier molecular flexibility index (Phi) is 3.20. The first-order valence-electron chi connectivity index (χ1n) is 4.04. The van der Waals surface area contributed by atoms with E-state index in [1.807, 2.05) is 0 Å². The lowest BCUT2D eigenvalue weighted by Crippen LogP contribution is -2.39. The van der Waals surface area contributed by atoms with Crippen LogP contribution in [0.1, 0.15) is 10.4 Å². The quantitative estimate of drug-likeness (QED) is 0.446. The Bertz CT molecular complexity index is 406. The average molecular weight is 239 g/mol. The van der Waals surface area contributed by atoms with Crippen LogP contribution in [0.15, 0.2) is 12.1 Å². The Balaban J connectivity index is 3.34. The smallest absolute Gasteiger partial charge is 0.465 e. The first-order valence-corrected chi connectivity index (χ1v) is 4.04. The Morgan fingerprint density at radius 2 is 1.62 bits per heavy atom. The number of benzene rings is 1. The standard InChI is InChI=1S/C8H5BF5O2/c1-16-8(15)4-2-5(10)7(6(11)3-4)9(12,13)14/h2-3H,1H3/q-1. The number of carbonyl (C=O) groups excluding carboxylic acids is 1. The van der Waals surface area contributed by atoms with Crippen molar-refractivity contribution in [2.45, 2.75) is 0 Å². The van der Waals surface area contributed by atoms with E-state index >= 15 is 0 Å². The molecule has 0 amide bonds. The zero-order valence-electron chi connectivity index (χ0n) is 7.94. The SMILES string of the molecule is COC(=O)c1cc(F)c([B-](F)(F)F)c(F)c1. The highest BCUT2D eigenvalue weighted by Gasteiger charge is 2.33. The third-order valence-corrected chi connectivity index (χ3v) is 1.83. The molecule has 1 aromatic rings. The van der Waals surface area contributed by atoms with Crippen molar-refractivity contribution in [1.82, 2.24) is 0 Å². The minimum absolute atomic E-state index is 0.291. The van der Waals surface area contributed by atoms with Gasteiger partial charge in [-0.15, -0.1) is 0 Å². The molecule has 0 bridgehead atoms. The van der Waals surface area contributed by atoms with Gasteiger partial charge in [0.2, 0.25) is 0 Å². The van der Waals surface area contributed by atoms with E-state index in [-0.39, 0.29) is 0 Å². The summed E-state index contributed by atoms with van der Waals surface area (Å²) in [7, 11) is 0.944. The van der Waals surface area contributed by atoms with Crippen molar-refractivity contribution in [1.29, 1.82) is 0 Å². The Morgan fingerprint density at radius 1 is 1.19 bits per heavy atom. The second kappa shape index (κ2) is 4.11. The summed E-state index contributed by atoms with van der Waals surface area (Å²) in [6.07, 6.45) is 0. The second-order valence-electron chi connectivity index (χ2n) is 2.92.